The number of ether oxygens (including phenoxy) is 2. The maximum atomic E-state index is 12.6. The van der Waals surface area contributed by atoms with Crippen molar-refractivity contribution in [2.45, 2.75) is 43.0 Å². The van der Waals surface area contributed by atoms with Crippen LogP contribution in [0.3, 0.4) is 0 Å². The van der Waals surface area contributed by atoms with Gasteiger partial charge in [0.1, 0.15) is 16.4 Å². The molecule has 0 bridgehead atoms. The number of nitrogen functional groups attached to an aromatic ring is 1. The van der Waals surface area contributed by atoms with Gasteiger partial charge >= 0.3 is 0 Å². The van der Waals surface area contributed by atoms with E-state index in [2.05, 4.69) is 4.72 Å². The first-order valence-electron chi connectivity index (χ1n) is 6.93. The molecule has 1 saturated carbocycles. The minimum Gasteiger partial charge on any atom is -0.495 e. The predicted octanol–water partition coefficient (Wildman–Crippen LogP) is 1.90. The molecule has 1 fully saturated rings. The maximum Gasteiger partial charge on any atom is 0.244 e. The molecule has 21 heavy (non-hydrogen) atoms. The van der Waals surface area contributed by atoms with Crippen LogP contribution in [0, 0.1) is 0 Å². The molecule has 3 N–H and O–H groups in total. The van der Waals surface area contributed by atoms with E-state index in [1.54, 1.807) is 0 Å². The van der Waals surface area contributed by atoms with Gasteiger partial charge in [-0.05, 0) is 31.7 Å². The summed E-state index contributed by atoms with van der Waals surface area (Å²) in [6.45, 7) is 1.99. The highest BCUT2D eigenvalue weighted by Crippen LogP contribution is 2.38. The largest absolute Gasteiger partial charge is 0.495 e. The SMILES string of the molecule is CCC1(NS(=O)(=O)c2cc(N)c(OC)cc2OC)CCC1. The first-order valence-corrected chi connectivity index (χ1v) is 8.41. The summed E-state index contributed by atoms with van der Waals surface area (Å²) in [5.41, 5.74) is 5.75. The van der Waals surface area contributed by atoms with Gasteiger partial charge in [0.25, 0.3) is 0 Å². The molecule has 118 valence electrons. The summed E-state index contributed by atoms with van der Waals surface area (Å²) in [4.78, 5) is 0.0445. The molecule has 1 aliphatic carbocycles. The van der Waals surface area contributed by atoms with E-state index in [-0.39, 0.29) is 21.9 Å². The molecule has 1 aromatic carbocycles. The number of anilines is 1. The van der Waals surface area contributed by atoms with E-state index in [0.29, 0.717) is 5.75 Å². The van der Waals surface area contributed by atoms with Crippen LogP contribution in [0.25, 0.3) is 0 Å². The van der Waals surface area contributed by atoms with Gasteiger partial charge in [0.05, 0.1) is 19.9 Å². The first-order chi connectivity index (χ1) is 9.87. The molecule has 0 atom stereocenters. The summed E-state index contributed by atoms with van der Waals surface area (Å²) in [7, 11) is -0.802. The fraction of sp³-hybridized carbons (Fsp3) is 0.571. The second kappa shape index (κ2) is 5.73. The van der Waals surface area contributed by atoms with Gasteiger partial charge < -0.3 is 15.2 Å². The van der Waals surface area contributed by atoms with Crippen molar-refractivity contribution in [1.29, 1.82) is 0 Å². The minimum atomic E-state index is -3.69. The lowest BCUT2D eigenvalue weighted by Gasteiger charge is -2.41. The molecule has 6 nitrogen and oxygen atoms in total. The lowest BCUT2D eigenvalue weighted by Crippen LogP contribution is -2.52. The number of rotatable bonds is 6. The molecular weight excluding hydrogens is 292 g/mol. The normalized spacial score (nSPS) is 17.1. The Hall–Kier alpha value is -1.47. The van der Waals surface area contributed by atoms with Gasteiger partial charge in [-0.2, -0.15) is 0 Å². The predicted molar refractivity (Wildman–Crippen MR) is 81.2 cm³/mol. The number of sulfonamides is 1. The zero-order chi connectivity index (χ0) is 15.7. The molecule has 7 heteroatoms. The summed E-state index contributed by atoms with van der Waals surface area (Å²) in [6, 6.07) is 2.87. The highest BCUT2D eigenvalue weighted by atomic mass is 32.2. The van der Waals surface area contributed by atoms with Crippen molar-refractivity contribution >= 4 is 15.7 Å². The second-order valence-electron chi connectivity index (χ2n) is 5.34. The molecule has 0 spiro atoms. The number of hydrogen-bond donors (Lipinski definition) is 2. The molecular formula is C14H22N2O4S. The van der Waals surface area contributed by atoms with Gasteiger partial charge in [0, 0.05) is 11.6 Å². The third-order valence-electron chi connectivity index (χ3n) is 4.14. The van der Waals surface area contributed by atoms with E-state index in [1.807, 2.05) is 6.92 Å². The van der Waals surface area contributed by atoms with Crippen molar-refractivity contribution < 1.29 is 17.9 Å². The van der Waals surface area contributed by atoms with Crippen LogP contribution >= 0.6 is 0 Å². The van der Waals surface area contributed by atoms with Crippen molar-refractivity contribution in [3.8, 4) is 11.5 Å². The Labute approximate surface area is 125 Å². The van der Waals surface area contributed by atoms with Crippen LogP contribution in [0.1, 0.15) is 32.6 Å². The van der Waals surface area contributed by atoms with Gasteiger partial charge in [-0.25, -0.2) is 13.1 Å². The first kappa shape index (κ1) is 15.9. The quantitative estimate of drug-likeness (QED) is 0.783. The number of benzene rings is 1. The Morgan fingerprint density at radius 3 is 2.29 bits per heavy atom. The fourth-order valence-corrected chi connectivity index (χ4v) is 4.29. The Morgan fingerprint density at radius 2 is 1.86 bits per heavy atom. The Morgan fingerprint density at radius 1 is 1.24 bits per heavy atom. The van der Waals surface area contributed by atoms with Crippen molar-refractivity contribution in [3.05, 3.63) is 12.1 Å². The van der Waals surface area contributed by atoms with E-state index < -0.39 is 10.0 Å². The van der Waals surface area contributed by atoms with Crippen LogP contribution in [0.4, 0.5) is 5.69 Å². The van der Waals surface area contributed by atoms with Crippen molar-refractivity contribution in [3.63, 3.8) is 0 Å². The molecule has 1 aromatic rings. The maximum absolute atomic E-state index is 12.6. The molecule has 0 radical (unpaired) electrons. The van der Waals surface area contributed by atoms with E-state index >= 15 is 0 Å². The lowest BCUT2D eigenvalue weighted by molar-refractivity contribution is 0.213. The molecule has 0 aliphatic heterocycles. The number of hydrogen-bond acceptors (Lipinski definition) is 5. The number of methoxy groups -OCH3 is 2. The summed E-state index contributed by atoms with van der Waals surface area (Å²) >= 11 is 0. The van der Waals surface area contributed by atoms with E-state index in [9.17, 15) is 8.42 Å². The van der Waals surface area contributed by atoms with Crippen LogP contribution in [-0.2, 0) is 10.0 Å². The van der Waals surface area contributed by atoms with E-state index in [4.69, 9.17) is 15.2 Å². The standard InChI is InChI=1S/C14H22N2O4S/c1-4-14(6-5-7-14)16-21(17,18)13-8-10(15)11(19-2)9-12(13)20-3/h8-9,16H,4-7,15H2,1-3H3. The lowest BCUT2D eigenvalue weighted by atomic mass is 9.76. The third-order valence-corrected chi connectivity index (χ3v) is 5.74. The Bertz CT molecular complexity index is 619. The summed E-state index contributed by atoms with van der Waals surface area (Å²) in [6.07, 6.45) is 3.52. The second-order valence-corrected chi connectivity index (χ2v) is 6.99. The third kappa shape index (κ3) is 2.94. The Balaban J connectivity index is 2.42. The van der Waals surface area contributed by atoms with Gasteiger partial charge in [0.15, 0.2) is 0 Å². The van der Waals surface area contributed by atoms with Crippen LogP contribution in [0.5, 0.6) is 11.5 Å². The summed E-state index contributed by atoms with van der Waals surface area (Å²) in [5.74, 6) is 0.610. The molecule has 2 rings (SSSR count). The van der Waals surface area contributed by atoms with Gasteiger partial charge in [-0.1, -0.05) is 6.92 Å². The fourth-order valence-electron chi connectivity index (χ4n) is 2.57. The summed E-state index contributed by atoms with van der Waals surface area (Å²) in [5, 5.41) is 0. The van der Waals surface area contributed by atoms with E-state index in [0.717, 1.165) is 25.7 Å². The van der Waals surface area contributed by atoms with Crippen molar-refractivity contribution in [1.82, 2.24) is 4.72 Å². The molecule has 0 aromatic heterocycles. The zero-order valence-corrected chi connectivity index (χ0v) is 13.4. The molecule has 1 aliphatic rings. The van der Waals surface area contributed by atoms with Gasteiger partial charge in [-0.15, -0.1) is 0 Å². The number of nitrogens with one attached hydrogen (secondary N) is 1. The molecule has 0 saturated heterocycles. The zero-order valence-electron chi connectivity index (χ0n) is 12.6. The Kier molecular flexibility index (Phi) is 4.34. The van der Waals surface area contributed by atoms with E-state index in [1.165, 1.54) is 26.4 Å². The smallest absolute Gasteiger partial charge is 0.244 e. The molecule has 0 heterocycles. The average Bonchev–Trinajstić information content (AvgIpc) is 2.42. The van der Waals surface area contributed by atoms with Crippen molar-refractivity contribution in [2.75, 3.05) is 20.0 Å². The van der Waals surface area contributed by atoms with Gasteiger partial charge in [-0.3, -0.25) is 0 Å². The highest BCUT2D eigenvalue weighted by molar-refractivity contribution is 7.89. The molecule has 0 unspecified atom stereocenters. The highest BCUT2D eigenvalue weighted by Gasteiger charge is 2.40. The minimum absolute atomic E-state index is 0.0445. The average molecular weight is 314 g/mol. The van der Waals surface area contributed by atoms with Crippen LogP contribution in [-0.4, -0.2) is 28.2 Å². The monoisotopic (exact) mass is 314 g/mol. The number of nitrogens with two attached hydrogens (primary N) is 1. The topological polar surface area (TPSA) is 90.7 Å². The van der Waals surface area contributed by atoms with Crippen molar-refractivity contribution in [2.24, 2.45) is 0 Å². The van der Waals surface area contributed by atoms with Crippen LogP contribution in [0.15, 0.2) is 17.0 Å². The van der Waals surface area contributed by atoms with Gasteiger partial charge in [0.2, 0.25) is 10.0 Å². The van der Waals surface area contributed by atoms with Crippen LogP contribution in [0.2, 0.25) is 0 Å². The molecule has 0 amide bonds. The summed E-state index contributed by atoms with van der Waals surface area (Å²) < 4.78 is 38.4. The van der Waals surface area contributed by atoms with Crippen LogP contribution < -0.4 is 19.9 Å².